The highest BCUT2D eigenvalue weighted by molar-refractivity contribution is 6.11. The van der Waals surface area contributed by atoms with Crippen molar-refractivity contribution in [3.05, 3.63) is 65.1 Å². The molecule has 26 heavy (non-hydrogen) atoms. The average molecular weight is 353 g/mol. The van der Waals surface area contributed by atoms with Crippen LogP contribution in [0.1, 0.15) is 27.7 Å². The zero-order valence-electron chi connectivity index (χ0n) is 13.9. The minimum absolute atomic E-state index is 0.0372. The molecule has 6 nitrogen and oxygen atoms in total. The first-order valence-corrected chi connectivity index (χ1v) is 8.07. The Balaban J connectivity index is 1.85. The average Bonchev–Trinajstić information content (AvgIpc) is 2.89. The van der Waals surface area contributed by atoms with Gasteiger partial charge in [0.1, 0.15) is 11.3 Å². The number of carbonyl (C=O) groups excluding carboxylic acids is 1. The largest absolute Gasteiger partial charge is 0.505 e. The first kappa shape index (κ1) is 16.3. The number of aromatic hydroxyl groups is 1. The molecule has 4 rings (SSSR count). The molecule has 7 heteroatoms. The first-order valence-electron chi connectivity index (χ1n) is 8.07. The van der Waals surface area contributed by atoms with Gasteiger partial charge in [-0.15, -0.1) is 0 Å². The molecule has 2 aromatic carbocycles. The van der Waals surface area contributed by atoms with Crippen LogP contribution in [0.15, 0.2) is 42.6 Å². The molecule has 2 heterocycles. The van der Waals surface area contributed by atoms with E-state index in [1.165, 1.54) is 23.2 Å². The number of phenols is 1. The SMILES string of the molecule is CNc1c2c(c(O)c3ncccc13)C(=O)N(Cc1ccc(F)cc1)C2O. The highest BCUT2D eigenvalue weighted by atomic mass is 19.1. The maximum atomic E-state index is 13.1. The molecule has 0 fully saturated rings. The molecule has 0 radical (unpaired) electrons. The van der Waals surface area contributed by atoms with E-state index < -0.39 is 12.1 Å². The van der Waals surface area contributed by atoms with Crippen molar-refractivity contribution < 1.29 is 19.4 Å². The van der Waals surface area contributed by atoms with E-state index >= 15 is 0 Å². The Bertz CT molecular complexity index is 1020. The molecule has 1 unspecified atom stereocenters. The van der Waals surface area contributed by atoms with Gasteiger partial charge in [0.25, 0.3) is 5.91 Å². The summed E-state index contributed by atoms with van der Waals surface area (Å²) in [5.74, 6) is -1.13. The minimum Gasteiger partial charge on any atom is -0.505 e. The smallest absolute Gasteiger partial charge is 0.260 e. The second-order valence-electron chi connectivity index (χ2n) is 6.10. The van der Waals surface area contributed by atoms with Gasteiger partial charge in [0.05, 0.1) is 11.3 Å². The molecule has 1 atom stereocenters. The van der Waals surface area contributed by atoms with Crippen LogP contribution in [-0.2, 0) is 6.54 Å². The lowest BCUT2D eigenvalue weighted by Crippen LogP contribution is -2.27. The zero-order chi connectivity index (χ0) is 18.4. The molecule has 0 bridgehead atoms. The molecule has 3 N–H and O–H groups in total. The van der Waals surface area contributed by atoms with Crippen molar-refractivity contribution in [1.82, 2.24) is 9.88 Å². The number of benzene rings is 2. The van der Waals surface area contributed by atoms with Gasteiger partial charge in [0, 0.05) is 30.7 Å². The molecule has 0 saturated heterocycles. The molecule has 0 aliphatic carbocycles. The summed E-state index contributed by atoms with van der Waals surface area (Å²) in [4.78, 5) is 18.3. The third-order valence-corrected chi connectivity index (χ3v) is 4.62. The Hall–Kier alpha value is -3.19. The monoisotopic (exact) mass is 353 g/mol. The Morgan fingerprint density at radius 2 is 2.00 bits per heavy atom. The number of aliphatic hydroxyl groups is 1. The zero-order valence-corrected chi connectivity index (χ0v) is 13.9. The third kappa shape index (κ3) is 2.28. The maximum Gasteiger partial charge on any atom is 0.260 e. The summed E-state index contributed by atoms with van der Waals surface area (Å²) in [7, 11) is 1.68. The van der Waals surface area contributed by atoms with Gasteiger partial charge >= 0.3 is 0 Å². The molecule has 0 spiro atoms. The van der Waals surface area contributed by atoms with Gasteiger partial charge in [0.2, 0.25) is 0 Å². The van der Waals surface area contributed by atoms with Gasteiger partial charge in [-0.05, 0) is 29.8 Å². The standard InChI is InChI=1S/C19H16FN3O3/c1-21-15-12-3-2-8-22-16(12)17(24)14-13(15)18(25)23(19(14)26)9-10-4-6-11(20)7-5-10/h2-8,18,21,24-25H,9H2,1H3. The van der Waals surface area contributed by atoms with E-state index in [1.807, 2.05) is 0 Å². The van der Waals surface area contributed by atoms with Crippen molar-refractivity contribution in [3.8, 4) is 5.75 Å². The predicted molar refractivity (Wildman–Crippen MR) is 94.2 cm³/mol. The van der Waals surface area contributed by atoms with Crippen molar-refractivity contribution in [2.24, 2.45) is 0 Å². The van der Waals surface area contributed by atoms with Crippen molar-refractivity contribution in [2.45, 2.75) is 12.8 Å². The van der Waals surface area contributed by atoms with Crippen LogP contribution in [0.25, 0.3) is 10.9 Å². The van der Waals surface area contributed by atoms with E-state index in [0.717, 1.165) is 0 Å². The predicted octanol–water partition coefficient (Wildman–Crippen LogP) is 2.77. The number of carbonyl (C=O) groups is 1. The van der Waals surface area contributed by atoms with Gasteiger partial charge in [0.15, 0.2) is 12.0 Å². The van der Waals surface area contributed by atoms with Crippen LogP contribution < -0.4 is 5.32 Å². The highest BCUT2D eigenvalue weighted by Crippen LogP contribution is 2.46. The van der Waals surface area contributed by atoms with Gasteiger partial charge in [-0.3, -0.25) is 9.78 Å². The van der Waals surface area contributed by atoms with Gasteiger partial charge in [-0.2, -0.15) is 0 Å². The van der Waals surface area contributed by atoms with Gasteiger partial charge < -0.3 is 20.4 Å². The third-order valence-electron chi connectivity index (χ3n) is 4.62. The van der Waals surface area contributed by atoms with Crippen LogP contribution in [0.2, 0.25) is 0 Å². The van der Waals surface area contributed by atoms with Crippen LogP contribution in [0.3, 0.4) is 0 Å². The number of phenolic OH excluding ortho intramolecular Hbond substituents is 1. The quantitative estimate of drug-likeness (QED) is 0.631. The Labute approximate surface area is 148 Å². The fourth-order valence-electron chi connectivity index (χ4n) is 3.41. The molecule has 1 aliphatic rings. The van der Waals surface area contributed by atoms with E-state index in [-0.39, 0.29) is 23.7 Å². The number of amides is 1. The number of pyridine rings is 1. The molecule has 0 saturated carbocycles. The van der Waals surface area contributed by atoms with Crippen molar-refractivity contribution in [1.29, 1.82) is 0 Å². The lowest BCUT2D eigenvalue weighted by atomic mass is 10.0. The van der Waals surface area contributed by atoms with Crippen molar-refractivity contribution in [3.63, 3.8) is 0 Å². The summed E-state index contributed by atoms with van der Waals surface area (Å²) in [6.07, 6.45) is 0.292. The summed E-state index contributed by atoms with van der Waals surface area (Å²) in [5, 5.41) is 25.0. The van der Waals surface area contributed by atoms with Crippen LogP contribution in [0.5, 0.6) is 5.75 Å². The maximum absolute atomic E-state index is 13.1. The highest BCUT2D eigenvalue weighted by Gasteiger charge is 2.41. The molecule has 1 amide bonds. The summed E-state index contributed by atoms with van der Waals surface area (Å²) in [5.41, 5.74) is 1.86. The van der Waals surface area contributed by atoms with E-state index in [0.29, 0.717) is 27.7 Å². The van der Waals surface area contributed by atoms with E-state index in [1.54, 1.807) is 31.3 Å². The number of rotatable bonds is 3. The lowest BCUT2D eigenvalue weighted by Gasteiger charge is -2.22. The number of hydrogen-bond acceptors (Lipinski definition) is 5. The molecular weight excluding hydrogens is 337 g/mol. The first-order chi connectivity index (χ1) is 12.5. The Morgan fingerprint density at radius 3 is 2.69 bits per heavy atom. The number of fused-ring (bicyclic) bond motifs is 2. The number of halogens is 1. The number of hydrogen-bond donors (Lipinski definition) is 3. The van der Waals surface area contributed by atoms with Crippen molar-refractivity contribution in [2.75, 3.05) is 12.4 Å². The van der Waals surface area contributed by atoms with E-state index in [4.69, 9.17) is 0 Å². The van der Waals surface area contributed by atoms with Crippen molar-refractivity contribution >= 4 is 22.5 Å². The van der Waals surface area contributed by atoms with E-state index in [9.17, 15) is 19.4 Å². The van der Waals surface area contributed by atoms with E-state index in [2.05, 4.69) is 10.3 Å². The van der Waals surface area contributed by atoms with Gasteiger partial charge in [-0.1, -0.05) is 12.1 Å². The molecule has 1 aliphatic heterocycles. The van der Waals surface area contributed by atoms with Gasteiger partial charge in [-0.25, -0.2) is 4.39 Å². The molecule has 1 aromatic heterocycles. The molecule has 132 valence electrons. The van der Waals surface area contributed by atoms with Crippen LogP contribution >= 0.6 is 0 Å². The number of nitrogens with one attached hydrogen (secondary N) is 1. The second-order valence-corrected chi connectivity index (χ2v) is 6.10. The normalized spacial score (nSPS) is 16.2. The fourth-order valence-corrected chi connectivity index (χ4v) is 3.41. The summed E-state index contributed by atoms with van der Waals surface area (Å²) >= 11 is 0. The number of aromatic nitrogens is 1. The minimum atomic E-state index is -1.24. The number of nitrogens with zero attached hydrogens (tertiary/aromatic N) is 2. The second kappa shape index (κ2) is 5.96. The Morgan fingerprint density at radius 1 is 1.27 bits per heavy atom. The topological polar surface area (TPSA) is 85.7 Å². The molecule has 3 aromatic rings. The fraction of sp³-hybridized carbons (Fsp3) is 0.158. The summed E-state index contributed by atoms with van der Waals surface area (Å²) < 4.78 is 13.1. The summed E-state index contributed by atoms with van der Waals surface area (Å²) in [6, 6.07) is 9.17. The summed E-state index contributed by atoms with van der Waals surface area (Å²) in [6.45, 7) is 0.0847. The molecular formula is C19H16FN3O3. The van der Waals surface area contributed by atoms with Crippen LogP contribution in [0, 0.1) is 5.82 Å². The Kier molecular flexibility index (Phi) is 3.73. The lowest BCUT2D eigenvalue weighted by molar-refractivity contribution is 0.0140. The number of aliphatic hydroxyl groups excluding tert-OH is 1. The van der Waals surface area contributed by atoms with Crippen LogP contribution in [-0.4, -0.2) is 33.1 Å². The van der Waals surface area contributed by atoms with Crippen LogP contribution in [0.4, 0.5) is 10.1 Å². The number of anilines is 1.